The average molecular weight is 350 g/mol. The van der Waals surface area contributed by atoms with Crippen molar-refractivity contribution in [3.05, 3.63) is 51.5 Å². The van der Waals surface area contributed by atoms with Crippen molar-refractivity contribution in [1.82, 2.24) is 0 Å². The number of rotatable bonds is 4. The van der Waals surface area contributed by atoms with Crippen LogP contribution >= 0.6 is 15.9 Å². The second kappa shape index (κ2) is 6.39. The fourth-order valence-corrected chi connectivity index (χ4v) is 3.19. The maximum atomic E-state index is 10.1. The van der Waals surface area contributed by atoms with Crippen LogP contribution < -0.4 is 10.1 Å². The quantitative estimate of drug-likeness (QED) is 0.820. The lowest BCUT2D eigenvalue weighted by molar-refractivity contribution is 0.410. The lowest BCUT2D eigenvalue weighted by Gasteiger charge is -2.20. The maximum absolute atomic E-state index is 10.1. The second-order valence-electron chi connectivity index (χ2n) is 5.23. The van der Waals surface area contributed by atoms with E-state index in [-0.39, 0.29) is 11.8 Å². The van der Waals surface area contributed by atoms with Gasteiger partial charge in [-0.15, -0.1) is 0 Å². The largest absolute Gasteiger partial charge is 0.508 e. The first-order valence-electron chi connectivity index (χ1n) is 6.82. The molecule has 1 unspecified atom stereocenters. The SMILES string of the molecule is COc1ccc(O)c(C(C)Nc2c(C)cc(C)cc2Br)c1. The molecule has 2 rings (SSSR count). The summed E-state index contributed by atoms with van der Waals surface area (Å²) in [5.41, 5.74) is 4.22. The third-order valence-electron chi connectivity index (χ3n) is 3.49. The Morgan fingerprint density at radius 1 is 1.19 bits per heavy atom. The summed E-state index contributed by atoms with van der Waals surface area (Å²) in [7, 11) is 1.62. The van der Waals surface area contributed by atoms with Crippen LogP contribution in [-0.2, 0) is 0 Å². The summed E-state index contributed by atoms with van der Waals surface area (Å²) < 4.78 is 6.25. The monoisotopic (exact) mass is 349 g/mol. The van der Waals surface area contributed by atoms with Gasteiger partial charge in [-0.1, -0.05) is 6.07 Å². The lowest BCUT2D eigenvalue weighted by atomic mass is 10.0. The van der Waals surface area contributed by atoms with Crippen LogP contribution in [0.2, 0.25) is 0 Å². The first-order valence-corrected chi connectivity index (χ1v) is 7.62. The summed E-state index contributed by atoms with van der Waals surface area (Å²) in [4.78, 5) is 0. The van der Waals surface area contributed by atoms with Crippen molar-refractivity contribution < 1.29 is 9.84 Å². The number of anilines is 1. The van der Waals surface area contributed by atoms with Gasteiger partial charge >= 0.3 is 0 Å². The fourth-order valence-electron chi connectivity index (χ4n) is 2.40. The number of phenolic OH excluding ortho intramolecular Hbond substituents is 1. The van der Waals surface area contributed by atoms with Gasteiger partial charge in [0.25, 0.3) is 0 Å². The molecule has 2 aromatic carbocycles. The first kappa shape index (κ1) is 15.7. The van der Waals surface area contributed by atoms with E-state index in [1.54, 1.807) is 19.2 Å². The van der Waals surface area contributed by atoms with Gasteiger partial charge in [0.2, 0.25) is 0 Å². The molecule has 0 aromatic heterocycles. The molecule has 0 bridgehead atoms. The Bertz CT molecular complexity index is 632. The van der Waals surface area contributed by atoms with Gasteiger partial charge in [-0.3, -0.25) is 0 Å². The van der Waals surface area contributed by atoms with Crippen molar-refractivity contribution >= 4 is 21.6 Å². The molecule has 21 heavy (non-hydrogen) atoms. The predicted octanol–water partition coefficient (Wildman–Crippen LogP) is 4.95. The maximum Gasteiger partial charge on any atom is 0.121 e. The Labute approximate surface area is 134 Å². The number of benzene rings is 2. The van der Waals surface area contributed by atoms with E-state index in [1.807, 2.05) is 13.0 Å². The number of aromatic hydroxyl groups is 1. The van der Waals surface area contributed by atoms with E-state index in [9.17, 15) is 5.11 Å². The highest BCUT2D eigenvalue weighted by Gasteiger charge is 2.14. The van der Waals surface area contributed by atoms with Crippen LogP contribution in [0.1, 0.15) is 29.7 Å². The van der Waals surface area contributed by atoms with E-state index in [1.165, 1.54) is 5.56 Å². The lowest BCUT2D eigenvalue weighted by Crippen LogP contribution is -2.09. The van der Waals surface area contributed by atoms with E-state index in [0.717, 1.165) is 27.0 Å². The minimum atomic E-state index is -0.0437. The number of methoxy groups -OCH3 is 1. The number of hydrogen-bond donors (Lipinski definition) is 2. The molecule has 0 aliphatic rings. The molecule has 0 spiro atoms. The van der Waals surface area contributed by atoms with Crippen LogP contribution in [0.15, 0.2) is 34.8 Å². The number of phenols is 1. The van der Waals surface area contributed by atoms with Crippen LogP contribution in [-0.4, -0.2) is 12.2 Å². The summed E-state index contributed by atoms with van der Waals surface area (Å²) in [6.07, 6.45) is 0. The molecule has 0 radical (unpaired) electrons. The van der Waals surface area contributed by atoms with Gasteiger partial charge in [-0.25, -0.2) is 0 Å². The number of ether oxygens (including phenoxy) is 1. The molecule has 0 saturated carbocycles. The Balaban J connectivity index is 2.32. The summed E-state index contributed by atoms with van der Waals surface area (Å²) in [5, 5.41) is 13.5. The van der Waals surface area contributed by atoms with Gasteiger partial charge in [-0.05, 0) is 72.1 Å². The molecule has 0 aliphatic heterocycles. The second-order valence-corrected chi connectivity index (χ2v) is 6.08. The van der Waals surface area contributed by atoms with Gasteiger partial charge in [0, 0.05) is 10.0 Å². The Morgan fingerprint density at radius 3 is 2.52 bits per heavy atom. The minimum absolute atomic E-state index is 0.0437. The fraction of sp³-hybridized carbons (Fsp3) is 0.294. The molecule has 0 heterocycles. The summed E-state index contributed by atoms with van der Waals surface area (Å²) in [5.74, 6) is 0.993. The number of aryl methyl sites for hydroxylation is 2. The van der Waals surface area contributed by atoms with E-state index in [0.29, 0.717) is 0 Å². The topological polar surface area (TPSA) is 41.5 Å². The summed E-state index contributed by atoms with van der Waals surface area (Å²) >= 11 is 3.60. The Kier molecular flexibility index (Phi) is 4.78. The molecular formula is C17H20BrNO2. The predicted molar refractivity (Wildman–Crippen MR) is 90.3 cm³/mol. The third-order valence-corrected chi connectivity index (χ3v) is 4.12. The van der Waals surface area contributed by atoms with Crippen molar-refractivity contribution in [3.8, 4) is 11.5 Å². The summed E-state index contributed by atoms with van der Waals surface area (Å²) in [6, 6.07) is 9.42. The zero-order chi connectivity index (χ0) is 15.6. The van der Waals surface area contributed by atoms with Crippen molar-refractivity contribution in [2.24, 2.45) is 0 Å². The normalized spacial score (nSPS) is 12.0. The molecule has 0 amide bonds. The molecule has 0 aliphatic carbocycles. The molecule has 0 fully saturated rings. The number of halogens is 1. The van der Waals surface area contributed by atoms with Crippen molar-refractivity contribution in [2.75, 3.05) is 12.4 Å². The van der Waals surface area contributed by atoms with Gasteiger partial charge in [0.05, 0.1) is 18.8 Å². The van der Waals surface area contributed by atoms with Crippen molar-refractivity contribution in [3.63, 3.8) is 0 Å². The van der Waals surface area contributed by atoms with Crippen LogP contribution in [0.5, 0.6) is 11.5 Å². The zero-order valence-corrected chi connectivity index (χ0v) is 14.3. The molecule has 4 heteroatoms. The standard InChI is InChI=1S/C17H20BrNO2/c1-10-7-11(2)17(15(18)8-10)19-12(3)14-9-13(21-4)5-6-16(14)20/h5-9,12,19-20H,1-4H3. The Morgan fingerprint density at radius 2 is 1.90 bits per heavy atom. The number of hydrogen-bond acceptors (Lipinski definition) is 3. The van der Waals surface area contributed by atoms with Crippen molar-refractivity contribution in [1.29, 1.82) is 0 Å². The van der Waals surface area contributed by atoms with E-state index in [4.69, 9.17) is 4.74 Å². The molecule has 2 N–H and O–H groups in total. The molecule has 0 saturated heterocycles. The molecule has 112 valence electrons. The zero-order valence-electron chi connectivity index (χ0n) is 12.7. The van der Waals surface area contributed by atoms with Gasteiger partial charge in [0.15, 0.2) is 0 Å². The van der Waals surface area contributed by atoms with Crippen LogP contribution in [0.4, 0.5) is 5.69 Å². The van der Waals surface area contributed by atoms with E-state index < -0.39 is 0 Å². The highest BCUT2D eigenvalue weighted by Crippen LogP contribution is 2.34. The first-order chi connectivity index (χ1) is 9.92. The molecule has 2 aromatic rings. The van der Waals surface area contributed by atoms with E-state index in [2.05, 4.69) is 47.2 Å². The van der Waals surface area contributed by atoms with E-state index >= 15 is 0 Å². The Hall–Kier alpha value is -1.68. The van der Waals surface area contributed by atoms with Gasteiger partial charge < -0.3 is 15.2 Å². The van der Waals surface area contributed by atoms with Crippen LogP contribution in [0.3, 0.4) is 0 Å². The third kappa shape index (κ3) is 3.50. The number of nitrogens with one attached hydrogen (secondary N) is 1. The summed E-state index contributed by atoms with van der Waals surface area (Å²) in [6.45, 7) is 6.15. The molecule has 3 nitrogen and oxygen atoms in total. The van der Waals surface area contributed by atoms with Crippen LogP contribution in [0.25, 0.3) is 0 Å². The van der Waals surface area contributed by atoms with Crippen LogP contribution in [0, 0.1) is 13.8 Å². The highest BCUT2D eigenvalue weighted by atomic mass is 79.9. The smallest absolute Gasteiger partial charge is 0.121 e. The van der Waals surface area contributed by atoms with Crippen molar-refractivity contribution in [2.45, 2.75) is 26.8 Å². The average Bonchev–Trinajstić information content (AvgIpc) is 2.43. The van der Waals surface area contributed by atoms with Gasteiger partial charge in [0.1, 0.15) is 11.5 Å². The minimum Gasteiger partial charge on any atom is -0.508 e. The molecular weight excluding hydrogens is 330 g/mol. The highest BCUT2D eigenvalue weighted by molar-refractivity contribution is 9.10. The van der Waals surface area contributed by atoms with Gasteiger partial charge in [-0.2, -0.15) is 0 Å². The molecule has 1 atom stereocenters.